The van der Waals surface area contributed by atoms with Crippen LogP contribution in [0.4, 0.5) is 27.4 Å². The highest BCUT2D eigenvalue weighted by Crippen LogP contribution is 2.27. The second-order valence-corrected chi connectivity index (χ2v) is 3.60. The molecule has 2 rings (SSSR count). The molecule has 4 N–H and O–H groups in total. The summed E-state index contributed by atoms with van der Waals surface area (Å²) in [7, 11) is 0. The van der Waals surface area contributed by atoms with Crippen molar-refractivity contribution in [3.63, 3.8) is 0 Å². The van der Waals surface area contributed by atoms with Crippen LogP contribution in [0.2, 0.25) is 0 Å². The molecule has 0 fully saturated rings. The molecule has 1 aromatic heterocycles. The first kappa shape index (κ1) is 12.7. The van der Waals surface area contributed by atoms with Crippen LogP contribution in [0.3, 0.4) is 0 Å². The van der Waals surface area contributed by atoms with E-state index in [0.717, 1.165) is 0 Å². The highest BCUT2D eigenvalue weighted by atomic mass is 19.1. The lowest BCUT2D eigenvalue weighted by Gasteiger charge is -2.08. The minimum atomic E-state index is -0.588. The van der Waals surface area contributed by atoms with E-state index in [9.17, 15) is 14.5 Å². The summed E-state index contributed by atoms with van der Waals surface area (Å²) in [5.74, 6) is 4.97. The molecule has 0 amide bonds. The number of benzene rings is 1. The Labute approximate surface area is 107 Å². The van der Waals surface area contributed by atoms with Crippen molar-refractivity contribution < 1.29 is 9.31 Å². The molecule has 0 aliphatic heterocycles. The first-order valence-corrected chi connectivity index (χ1v) is 5.25. The van der Waals surface area contributed by atoms with Gasteiger partial charge in [0.2, 0.25) is 5.82 Å². The van der Waals surface area contributed by atoms with Gasteiger partial charge in [0, 0.05) is 11.8 Å². The average molecular weight is 263 g/mol. The number of nitrogens with zero attached hydrogens (tertiary/aromatic N) is 2. The second kappa shape index (κ2) is 5.27. The molecular weight excluding hydrogens is 253 g/mol. The molecule has 0 aliphatic rings. The van der Waals surface area contributed by atoms with Crippen molar-refractivity contribution in [2.75, 3.05) is 10.7 Å². The van der Waals surface area contributed by atoms with E-state index >= 15 is 0 Å². The molecule has 0 spiro atoms. The molecule has 0 bridgehead atoms. The number of halogens is 1. The molecule has 0 radical (unpaired) electrons. The van der Waals surface area contributed by atoms with E-state index < -0.39 is 10.7 Å². The Morgan fingerprint density at radius 1 is 1.32 bits per heavy atom. The van der Waals surface area contributed by atoms with Crippen LogP contribution < -0.4 is 16.6 Å². The summed E-state index contributed by atoms with van der Waals surface area (Å²) >= 11 is 0. The predicted octanol–water partition coefficient (Wildman–Crippen LogP) is 2.16. The van der Waals surface area contributed by atoms with Crippen LogP contribution >= 0.6 is 0 Å². The Bertz CT molecular complexity index is 620. The van der Waals surface area contributed by atoms with Gasteiger partial charge in [-0.25, -0.2) is 15.2 Å². The van der Waals surface area contributed by atoms with Gasteiger partial charge in [0.05, 0.1) is 4.92 Å². The van der Waals surface area contributed by atoms with Crippen molar-refractivity contribution in [3.05, 3.63) is 52.3 Å². The number of anilines is 3. The molecule has 0 saturated carbocycles. The SMILES string of the molecule is NNc1ccc([N+](=O)[O-])c(Nc2cccc(F)c2)n1. The standard InChI is InChI=1S/C11H10FN5O2/c12-7-2-1-3-8(6-7)14-11-9(17(18)19)4-5-10(15-11)16-13/h1-6H,13H2,(H2,14,15,16). The van der Waals surface area contributed by atoms with Crippen molar-refractivity contribution in [3.8, 4) is 0 Å². The zero-order valence-electron chi connectivity index (χ0n) is 9.63. The number of hydrazine groups is 1. The Morgan fingerprint density at radius 2 is 2.11 bits per heavy atom. The van der Waals surface area contributed by atoms with Gasteiger partial charge >= 0.3 is 5.69 Å². The second-order valence-electron chi connectivity index (χ2n) is 3.60. The van der Waals surface area contributed by atoms with Crippen LogP contribution in [0, 0.1) is 15.9 Å². The molecule has 0 aliphatic carbocycles. The van der Waals surface area contributed by atoms with Crippen molar-refractivity contribution in [2.45, 2.75) is 0 Å². The summed E-state index contributed by atoms with van der Waals surface area (Å²) in [4.78, 5) is 14.2. The molecule has 0 unspecified atom stereocenters. The summed E-state index contributed by atoms with van der Waals surface area (Å²) < 4.78 is 13.0. The Hall–Kier alpha value is -2.74. The monoisotopic (exact) mass is 263 g/mol. The number of pyridine rings is 1. The van der Waals surface area contributed by atoms with Gasteiger partial charge in [-0.05, 0) is 24.3 Å². The van der Waals surface area contributed by atoms with Gasteiger partial charge in [-0.3, -0.25) is 10.1 Å². The minimum Gasteiger partial charge on any atom is -0.334 e. The van der Waals surface area contributed by atoms with E-state index in [2.05, 4.69) is 15.7 Å². The molecule has 7 nitrogen and oxygen atoms in total. The molecule has 98 valence electrons. The van der Waals surface area contributed by atoms with Crippen LogP contribution in [-0.4, -0.2) is 9.91 Å². The zero-order valence-corrected chi connectivity index (χ0v) is 9.63. The van der Waals surface area contributed by atoms with Gasteiger partial charge in [0.25, 0.3) is 0 Å². The largest absolute Gasteiger partial charge is 0.334 e. The maximum absolute atomic E-state index is 13.0. The highest BCUT2D eigenvalue weighted by molar-refractivity contribution is 5.67. The summed E-state index contributed by atoms with van der Waals surface area (Å²) in [5.41, 5.74) is 2.40. The third-order valence-electron chi connectivity index (χ3n) is 2.31. The molecule has 0 saturated heterocycles. The number of hydrogen-bond donors (Lipinski definition) is 3. The van der Waals surface area contributed by atoms with Crippen molar-refractivity contribution >= 4 is 23.0 Å². The lowest BCUT2D eigenvalue weighted by atomic mass is 10.3. The normalized spacial score (nSPS) is 10.0. The summed E-state index contributed by atoms with van der Waals surface area (Å²) in [6, 6.07) is 8.14. The van der Waals surface area contributed by atoms with Gasteiger partial charge < -0.3 is 10.7 Å². The quantitative estimate of drug-likeness (QED) is 0.443. The van der Waals surface area contributed by atoms with Crippen molar-refractivity contribution in [1.82, 2.24) is 4.98 Å². The fraction of sp³-hybridized carbons (Fsp3) is 0. The zero-order chi connectivity index (χ0) is 13.8. The topological polar surface area (TPSA) is 106 Å². The third kappa shape index (κ3) is 2.93. The van der Waals surface area contributed by atoms with Gasteiger partial charge in [-0.2, -0.15) is 0 Å². The van der Waals surface area contributed by atoms with Gasteiger partial charge in [-0.1, -0.05) is 6.07 Å². The predicted molar refractivity (Wildman–Crippen MR) is 68.4 cm³/mol. The number of nitrogen functional groups attached to an aromatic ring is 1. The van der Waals surface area contributed by atoms with Crippen LogP contribution in [0.5, 0.6) is 0 Å². The van der Waals surface area contributed by atoms with E-state index in [1.165, 1.54) is 30.3 Å². The van der Waals surface area contributed by atoms with Gasteiger partial charge in [0.1, 0.15) is 11.6 Å². The van der Waals surface area contributed by atoms with Crippen molar-refractivity contribution in [2.24, 2.45) is 5.84 Å². The van der Waals surface area contributed by atoms with E-state index in [0.29, 0.717) is 5.69 Å². The van der Waals surface area contributed by atoms with Crippen LogP contribution in [0.15, 0.2) is 36.4 Å². The van der Waals surface area contributed by atoms with Crippen molar-refractivity contribution in [1.29, 1.82) is 0 Å². The van der Waals surface area contributed by atoms with E-state index in [1.807, 2.05) is 0 Å². The molecule has 1 aromatic carbocycles. The first-order chi connectivity index (χ1) is 9.10. The lowest BCUT2D eigenvalue weighted by molar-refractivity contribution is -0.384. The highest BCUT2D eigenvalue weighted by Gasteiger charge is 2.16. The molecule has 8 heteroatoms. The maximum atomic E-state index is 13.0. The number of aromatic nitrogens is 1. The van der Waals surface area contributed by atoms with Crippen LogP contribution in [-0.2, 0) is 0 Å². The molecule has 1 heterocycles. The molecule has 2 aromatic rings. The van der Waals surface area contributed by atoms with E-state index in [1.54, 1.807) is 6.07 Å². The molecular formula is C11H10FN5O2. The fourth-order valence-electron chi connectivity index (χ4n) is 1.47. The van der Waals surface area contributed by atoms with E-state index in [4.69, 9.17) is 5.84 Å². The fourth-order valence-corrected chi connectivity index (χ4v) is 1.47. The summed E-state index contributed by atoms with van der Waals surface area (Å²) in [6.07, 6.45) is 0. The summed E-state index contributed by atoms with van der Waals surface area (Å²) in [6.45, 7) is 0. The molecule has 19 heavy (non-hydrogen) atoms. The first-order valence-electron chi connectivity index (χ1n) is 5.25. The average Bonchev–Trinajstić information content (AvgIpc) is 2.38. The third-order valence-corrected chi connectivity index (χ3v) is 2.31. The molecule has 0 atom stereocenters. The minimum absolute atomic E-state index is 0.0222. The number of nitrogens with two attached hydrogens (primary N) is 1. The lowest BCUT2D eigenvalue weighted by Crippen LogP contribution is -2.10. The number of rotatable bonds is 4. The van der Waals surface area contributed by atoms with Gasteiger partial charge in [0.15, 0.2) is 0 Å². The number of nitrogens with one attached hydrogen (secondary N) is 2. The Kier molecular flexibility index (Phi) is 3.53. The Balaban J connectivity index is 2.39. The number of nitro groups is 1. The summed E-state index contributed by atoms with van der Waals surface area (Å²) in [5, 5.41) is 13.6. The Morgan fingerprint density at radius 3 is 2.74 bits per heavy atom. The van der Waals surface area contributed by atoms with Crippen LogP contribution in [0.1, 0.15) is 0 Å². The van der Waals surface area contributed by atoms with Gasteiger partial charge in [-0.15, -0.1) is 0 Å². The maximum Gasteiger partial charge on any atom is 0.311 e. The van der Waals surface area contributed by atoms with E-state index in [-0.39, 0.29) is 17.3 Å². The smallest absolute Gasteiger partial charge is 0.311 e. The van der Waals surface area contributed by atoms with Crippen LogP contribution in [0.25, 0.3) is 0 Å². The number of hydrogen-bond acceptors (Lipinski definition) is 6.